The van der Waals surface area contributed by atoms with Gasteiger partial charge in [-0.25, -0.2) is 8.78 Å². The predicted octanol–water partition coefficient (Wildman–Crippen LogP) is 3.90. The van der Waals surface area contributed by atoms with E-state index in [-0.39, 0.29) is 18.8 Å². The van der Waals surface area contributed by atoms with Gasteiger partial charge in [0, 0.05) is 12.8 Å². The molecule has 1 aromatic rings. The van der Waals surface area contributed by atoms with Crippen LogP contribution in [0, 0.1) is 5.92 Å². The van der Waals surface area contributed by atoms with E-state index in [0.29, 0.717) is 18.8 Å². The van der Waals surface area contributed by atoms with Crippen molar-refractivity contribution in [1.82, 2.24) is 0 Å². The Labute approximate surface area is 112 Å². The molecule has 0 aliphatic heterocycles. The van der Waals surface area contributed by atoms with Crippen LogP contribution in [0.4, 0.5) is 8.78 Å². The van der Waals surface area contributed by atoms with Gasteiger partial charge in [-0.15, -0.1) is 0 Å². The second-order valence-electron chi connectivity index (χ2n) is 6.10. The number of hydrogen-bond donors (Lipinski definition) is 1. The van der Waals surface area contributed by atoms with E-state index in [1.54, 1.807) is 0 Å². The number of rotatable bonds is 3. The Hall–Kier alpha value is -0.960. The summed E-state index contributed by atoms with van der Waals surface area (Å²) in [6.07, 6.45) is 2.13. The van der Waals surface area contributed by atoms with Crippen LogP contribution in [0.5, 0.6) is 0 Å². The minimum atomic E-state index is -2.50. The molecule has 1 fully saturated rings. The maximum absolute atomic E-state index is 13.1. The van der Waals surface area contributed by atoms with E-state index in [1.165, 1.54) is 11.1 Å². The van der Waals surface area contributed by atoms with Crippen molar-refractivity contribution in [3.05, 3.63) is 35.4 Å². The third-order valence-corrected chi connectivity index (χ3v) is 4.79. The Kier molecular flexibility index (Phi) is 3.34. The molecule has 2 aliphatic carbocycles. The van der Waals surface area contributed by atoms with Crippen molar-refractivity contribution < 1.29 is 13.9 Å². The fourth-order valence-corrected chi connectivity index (χ4v) is 3.50. The average Bonchev–Trinajstić information content (AvgIpc) is 2.35. The molecule has 3 rings (SSSR count). The van der Waals surface area contributed by atoms with Gasteiger partial charge >= 0.3 is 0 Å². The molecule has 2 aliphatic rings. The molecule has 3 heteroatoms. The highest BCUT2D eigenvalue weighted by molar-refractivity contribution is 5.39. The van der Waals surface area contributed by atoms with E-state index in [1.807, 2.05) is 12.1 Å². The lowest BCUT2D eigenvalue weighted by Crippen LogP contribution is -2.33. The Bertz CT molecular complexity index is 448. The minimum Gasteiger partial charge on any atom is -0.393 e. The molecular formula is C16H20F2O. The molecule has 0 saturated heterocycles. The molecule has 1 saturated carbocycles. The van der Waals surface area contributed by atoms with Gasteiger partial charge in [-0.3, -0.25) is 0 Å². The Morgan fingerprint density at radius 2 is 1.89 bits per heavy atom. The van der Waals surface area contributed by atoms with Crippen LogP contribution in [0.2, 0.25) is 0 Å². The lowest BCUT2D eigenvalue weighted by atomic mass is 9.72. The first-order chi connectivity index (χ1) is 9.05. The topological polar surface area (TPSA) is 20.2 Å². The summed E-state index contributed by atoms with van der Waals surface area (Å²) in [5.74, 6) is -2.01. The van der Waals surface area contributed by atoms with Crippen molar-refractivity contribution in [3.8, 4) is 0 Å². The van der Waals surface area contributed by atoms with Crippen LogP contribution < -0.4 is 0 Å². The fraction of sp³-hybridized carbons (Fsp3) is 0.625. The number of alkyl halides is 2. The van der Waals surface area contributed by atoms with E-state index >= 15 is 0 Å². The molecule has 0 amide bonds. The number of hydrogen-bond acceptors (Lipinski definition) is 1. The normalized spacial score (nSPS) is 27.4. The summed E-state index contributed by atoms with van der Waals surface area (Å²) >= 11 is 0. The summed E-state index contributed by atoms with van der Waals surface area (Å²) in [5.41, 5.74) is 2.71. The molecule has 0 aromatic heterocycles. The van der Waals surface area contributed by atoms with E-state index in [4.69, 9.17) is 0 Å². The summed E-state index contributed by atoms with van der Waals surface area (Å²) in [7, 11) is 0. The van der Waals surface area contributed by atoms with Crippen molar-refractivity contribution in [2.75, 3.05) is 0 Å². The molecule has 0 heterocycles. The van der Waals surface area contributed by atoms with Crippen molar-refractivity contribution in [2.24, 2.45) is 5.92 Å². The molecule has 0 radical (unpaired) electrons. The van der Waals surface area contributed by atoms with E-state index < -0.39 is 12.0 Å². The molecule has 1 nitrogen and oxygen atoms in total. The highest BCUT2D eigenvalue weighted by Crippen LogP contribution is 2.42. The van der Waals surface area contributed by atoms with Crippen LogP contribution in [-0.2, 0) is 6.42 Å². The Morgan fingerprint density at radius 3 is 2.58 bits per heavy atom. The molecule has 0 bridgehead atoms. The lowest BCUT2D eigenvalue weighted by molar-refractivity contribution is -0.0638. The molecule has 0 spiro atoms. The SMILES string of the molecule is OC(CC1Cc2ccccc21)C1CCC(F)(F)CC1. The smallest absolute Gasteiger partial charge is 0.248 e. The summed E-state index contributed by atoms with van der Waals surface area (Å²) in [6.45, 7) is 0. The van der Waals surface area contributed by atoms with E-state index in [0.717, 1.165) is 12.8 Å². The maximum Gasteiger partial charge on any atom is 0.248 e. The van der Waals surface area contributed by atoms with Gasteiger partial charge in [0.25, 0.3) is 0 Å². The number of aliphatic hydroxyl groups excluding tert-OH is 1. The highest BCUT2D eigenvalue weighted by Gasteiger charge is 2.38. The van der Waals surface area contributed by atoms with Gasteiger partial charge in [0.1, 0.15) is 0 Å². The largest absolute Gasteiger partial charge is 0.393 e. The third-order valence-electron chi connectivity index (χ3n) is 4.79. The van der Waals surface area contributed by atoms with Crippen LogP contribution in [-0.4, -0.2) is 17.1 Å². The maximum atomic E-state index is 13.1. The van der Waals surface area contributed by atoms with Crippen LogP contribution in [0.15, 0.2) is 24.3 Å². The zero-order valence-corrected chi connectivity index (χ0v) is 11.0. The first-order valence-corrected chi connectivity index (χ1v) is 7.19. The minimum absolute atomic E-state index is 0.0595. The quantitative estimate of drug-likeness (QED) is 0.879. The van der Waals surface area contributed by atoms with Gasteiger partial charge in [0.05, 0.1) is 6.10 Å². The van der Waals surface area contributed by atoms with Crippen molar-refractivity contribution in [1.29, 1.82) is 0 Å². The first kappa shape index (κ1) is 13.0. The molecule has 2 atom stereocenters. The standard InChI is InChI=1S/C16H20F2O/c17-16(18)7-5-11(6-8-16)15(19)10-13-9-12-3-1-2-4-14(12)13/h1-4,11,13,15,19H,5-10H2. The summed E-state index contributed by atoms with van der Waals surface area (Å²) in [5, 5.41) is 10.3. The second kappa shape index (κ2) is 4.86. The van der Waals surface area contributed by atoms with Gasteiger partial charge in [-0.05, 0) is 48.6 Å². The zero-order chi connectivity index (χ0) is 13.5. The Morgan fingerprint density at radius 1 is 1.21 bits per heavy atom. The number of aliphatic hydroxyl groups is 1. The fourth-order valence-electron chi connectivity index (χ4n) is 3.50. The summed E-state index contributed by atoms with van der Waals surface area (Å²) in [4.78, 5) is 0. The summed E-state index contributed by atoms with van der Waals surface area (Å²) < 4.78 is 26.2. The Balaban J connectivity index is 1.55. The molecule has 1 aromatic carbocycles. The van der Waals surface area contributed by atoms with E-state index in [9.17, 15) is 13.9 Å². The monoisotopic (exact) mass is 266 g/mol. The van der Waals surface area contributed by atoms with Crippen molar-refractivity contribution in [3.63, 3.8) is 0 Å². The van der Waals surface area contributed by atoms with Crippen LogP contribution in [0.25, 0.3) is 0 Å². The number of fused-ring (bicyclic) bond motifs is 1. The third kappa shape index (κ3) is 2.66. The predicted molar refractivity (Wildman–Crippen MR) is 70.4 cm³/mol. The van der Waals surface area contributed by atoms with E-state index in [2.05, 4.69) is 12.1 Å². The highest BCUT2D eigenvalue weighted by atomic mass is 19.3. The van der Waals surface area contributed by atoms with Gasteiger partial charge in [0.2, 0.25) is 5.92 Å². The van der Waals surface area contributed by atoms with Crippen LogP contribution in [0.3, 0.4) is 0 Å². The number of benzene rings is 1. The molecular weight excluding hydrogens is 246 g/mol. The van der Waals surface area contributed by atoms with Crippen molar-refractivity contribution >= 4 is 0 Å². The molecule has 2 unspecified atom stereocenters. The van der Waals surface area contributed by atoms with Gasteiger partial charge in [0.15, 0.2) is 0 Å². The second-order valence-corrected chi connectivity index (χ2v) is 6.10. The van der Waals surface area contributed by atoms with Crippen LogP contribution >= 0.6 is 0 Å². The molecule has 19 heavy (non-hydrogen) atoms. The summed E-state index contributed by atoms with van der Waals surface area (Å²) in [6, 6.07) is 8.30. The molecule has 1 N–H and O–H groups in total. The average molecular weight is 266 g/mol. The van der Waals surface area contributed by atoms with Crippen molar-refractivity contribution in [2.45, 2.75) is 56.5 Å². The first-order valence-electron chi connectivity index (χ1n) is 7.19. The van der Waals surface area contributed by atoms with Gasteiger partial charge < -0.3 is 5.11 Å². The lowest BCUT2D eigenvalue weighted by Gasteiger charge is -2.36. The van der Waals surface area contributed by atoms with Crippen LogP contribution in [0.1, 0.15) is 49.1 Å². The molecule has 104 valence electrons. The zero-order valence-electron chi connectivity index (χ0n) is 11.0. The van der Waals surface area contributed by atoms with Gasteiger partial charge in [-0.2, -0.15) is 0 Å². The van der Waals surface area contributed by atoms with Gasteiger partial charge in [-0.1, -0.05) is 24.3 Å². The number of halogens is 2.